The first-order valence-electron chi connectivity index (χ1n) is 6.63. The van der Waals surface area contributed by atoms with E-state index in [1.165, 1.54) is 0 Å². The third kappa shape index (κ3) is 2.95. The van der Waals surface area contributed by atoms with Crippen LogP contribution in [0.25, 0.3) is 0 Å². The smallest absolute Gasteiger partial charge is 0.161 e. The molecule has 1 aromatic rings. The number of hydrogen-bond donors (Lipinski definition) is 0. The molecule has 0 spiro atoms. The van der Waals surface area contributed by atoms with Crippen molar-refractivity contribution in [3.8, 4) is 17.6 Å². The molecule has 1 aliphatic carbocycles. The van der Waals surface area contributed by atoms with E-state index in [0.29, 0.717) is 6.61 Å². The first kappa shape index (κ1) is 12.8. The van der Waals surface area contributed by atoms with Crippen molar-refractivity contribution in [2.75, 3.05) is 6.61 Å². The minimum atomic E-state index is 0.00496. The number of rotatable bonds is 4. The van der Waals surface area contributed by atoms with Gasteiger partial charge in [-0.25, -0.2) is 0 Å². The van der Waals surface area contributed by atoms with E-state index < -0.39 is 0 Å². The van der Waals surface area contributed by atoms with Crippen molar-refractivity contribution in [2.24, 2.45) is 5.92 Å². The van der Waals surface area contributed by atoms with Gasteiger partial charge in [-0.1, -0.05) is 18.6 Å². The van der Waals surface area contributed by atoms with E-state index in [2.05, 4.69) is 6.07 Å². The first-order chi connectivity index (χ1) is 8.85. The second kappa shape index (κ2) is 6.30. The lowest BCUT2D eigenvalue weighted by Crippen LogP contribution is -2.29. The van der Waals surface area contributed by atoms with E-state index >= 15 is 0 Å². The Morgan fingerprint density at radius 1 is 1.22 bits per heavy atom. The summed E-state index contributed by atoms with van der Waals surface area (Å²) in [5.74, 6) is 1.53. The Kier molecular flexibility index (Phi) is 4.46. The second-order valence-corrected chi connectivity index (χ2v) is 4.56. The summed E-state index contributed by atoms with van der Waals surface area (Å²) in [6.45, 7) is 2.57. The summed E-state index contributed by atoms with van der Waals surface area (Å²) in [7, 11) is 0. The van der Waals surface area contributed by atoms with E-state index in [1.807, 2.05) is 31.2 Å². The van der Waals surface area contributed by atoms with Gasteiger partial charge in [-0.15, -0.1) is 0 Å². The van der Waals surface area contributed by atoms with Crippen molar-refractivity contribution < 1.29 is 9.47 Å². The van der Waals surface area contributed by atoms with Crippen LogP contribution < -0.4 is 9.47 Å². The maximum Gasteiger partial charge on any atom is 0.161 e. The number of ether oxygens (including phenoxy) is 2. The Morgan fingerprint density at radius 2 is 1.94 bits per heavy atom. The molecule has 1 fully saturated rings. The Labute approximate surface area is 108 Å². The van der Waals surface area contributed by atoms with Crippen LogP contribution in [0.2, 0.25) is 0 Å². The molecule has 0 saturated heterocycles. The predicted octanol–water partition coefficient (Wildman–Crippen LogP) is 3.55. The van der Waals surface area contributed by atoms with Gasteiger partial charge in [-0.3, -0.25) is 0 Å². The largest absolute Gasteiger partial charge is 0.490 e. The molecule has 96 valence electrons. The van der Waals surface area contributed by atoms with Crippen LogP contribution in [0.3, 0.4) is 0 Å². The molecule has 2 rings (SSSR count). The number of nitrogens with zero attached hydrogens (tertiary/aromatic N) is 1. The van der Waals surface area contributed by atoms with Crippen molar-refractivity contribution in [3.63, 3.8) is 0 Å². The first-order valence-corrected chi connectivity index (χ1v) is 6.63. The molecule has 0 heterocycles. The van der Waals surface area contributed by atoms with Crippen molar-refractivity contribution in [1.29, 1.82) is 5.26 Å². The summed E-state index contributed by atoms with van der Waals surface area (Å²) in [4.78, 5) is 0. The fourth-order valence-electron chi connectivity index (χ4n) is 2.37. The standard InChI is InChI=1S/C15H19NO2/c1-2-17-14-9-5-6-10-15(14)18-13-8-4-3-7-12(13)11-16/h5-6,9-10,12-13H,2-4,7-8H2,1H3. The molecule has 0 radical (unpaired) electrons. The quantitative estimate of drug-likeness (QED) is 0.814. The average Bonchev–Trinajstić information content (AvgIpc) is 2.42. The Bertz CT molecular complexity index is 425. The molecule has 2 atom stereocenters. The SMILES string of the molecule is CCOc1ccccc1OC1CCCCC1C#N. The van der Waals surface area contributed by atoms with Crippen LogP contribution in [-0.4, -0.2) is 12.7 Å². The van der Waals surface area contributed by atoms with E-state index in [9.17, 15) is 0 Å². The zero-order chi connectivity index (χ0) is 12.8. The predicted molar refractivity (Wildman–Crippen MR) is 69.6 cm³/mol. The molecule has 0 aliphatic heterocycles. The summed E-state index contributed by atoms with van der Waals surface area (Å²) in [6.07, 6.45) is 4.17. The highest BCUT2D eigenvalue weighted by Crippen LogP contribution is 2.32. The van der Waals surface area contributed by atoms with E-state index in [1.54, 1.807) is 0 Å². The Hall–Kier alpha value is -1.69. The molecule has 1 saturated carbocycles. The van der Waals surface area contributed by atoms with Gasteiger partial charge in [0.15, 0.2) is 11.5 Å². The van der Waals surface area contributed by atoms with E-state index in [4.69, 9.17) is 14.7 Å². The lowest BCUT2D eigenvalue weighted by atomic mass is 9.87. The van der Waals surface area contributed by atoms with Gasteiger partial charge >= 0.3 is 0 Å². The second-order valence-electron chi connectivity index (χ2n) is 4.56. The van der Waals surface area contributed by atoms with Gasteiger partial charge in [0, 0.05) is 0 Å². The lowest BCUT2D eigenvalue weighted by Gasteiger charge is -2.28. The third-order valence-corrected chi connectivity index (χ3v) is 3.30. The van der Waals surface area contributed by atoms with Crippen LogP contribution >= 0.6 is 0 Å². The van der Waals surface area contributed by atoms with Crippen LogP contribution in [-0.2, 0) is 0 Å². The fraction of sp³-hybridized carbons (Fsp3) is 0.533. The van der Waals surface area contributed by atoms with Gasteiger partial charge in [-0.05, 0) is 38.3 Å². The summed E-state index contributed by atoms with van der Waals surface area (Å²) < 4.78 is 11.5. The number of nitriles is 1. The minimum Gasteiger partial charge on any atom is -0.490 e. The normalized spacial score (nSPS) is 23.1. The van der Waals surface area contributed by atoms with Crippen LogP contribution in [0.1, 0.15) is 32.6 Å². The summed E-state index contributed by atoms with van der Waals surface area (Å²) >= 11 is 0. The Balaban J connectivity index is 2.10. The van der Waals surface area contributed by atoms with Gasteiger partial charge in [-0.2, -0.15) is 5.26 Å². The number of para-hydroxylation sites is 2. The van der Waals surface area contributed by atoms with Crippen LogP contribution in [0.15, 0.2) is 24.3 Å². The van der Waals surface area contributed by atoms with Crippen molar-refractivity contribution >= 4 is 0 Å². The Morgan fingerprint density at radius 3 is 2.67 bits per heavy atom. The van der Waals surface area contributed by atoms with Crippen molar-refractivity contribution in [2.45, 2.75) is 38.7 Å². The molecule has 0 N–H and O–H groups in total. The monoisotopic (exact) mass is 245 g/mol. The van der Waals surface area contributed by atoms with Gasteiger partial charge in [0.2, 0.25) is 0 Å². The fourth-order valence-corrected chi connectivity index (χ4v) is 2.37. The van der Waals surface area contributed by atoms with Crippen molar-refractivity contribution in [3.05, 3.63) is 24.3 Å². The van der Waals surface area contributed by atoms with Crippen LogP contribution in [0, 0.1) is 17.2 Å². The lowest BCUT2D eigenvalue weighted by molar-refractivity contribution is 0.115. The highest BCUT2D eigenvalue weighted by atomic mass is 16.5. The van der Waals surface area contributed by atoms with Gasteiger partial charge in [0.05, 0.1) is 18.6 Å². The summed E-state index contributed by atoms with van der Waals surface area (Å²) in [5.41, 5.74) is 0. The summed E-state index contributed by atoms with van der Waals surface area (Å²) in [6, 6.07) is 10.0. The average molecular weight is 245 g/mol. The van der Waals surface area contributed by atoms with Crippen molar-refractivity contribution in [1.82, 2.24) is 0 Å². The maximum absolute atomic E-state index is 9.15. The summed E-state index contributed by atoms with van der Waals surface area (Å²) in [5, 5.41) is 9.15. The molecule has 1 aliphatic rings. The molecule has 0 amide bonds. The highest BCUT2D eigenvalue weighted by Gasteiger charge is 2.27. The maximum atomic E-state index is 9.15. The highest BCUT2D eigenvalue weighted by molar-refractivity contribution is 5.39. The topological polar surface area (TPSA) is 42.2 Å². The molecule has 18 heavy (non-hydrogen) atoms. The van der Waals surface area contributed by atoms with E-state index in [-0.39, 0.29) is 12.0 Å². The zero-order valence-electron chi connectivity index (χ0n) is 10.8. The van der Waals surface area contributed by atoms with Crippen LogP contribution in [0.5, 0.6) is 11.5 Å². The van der Waals surface area contributed by atoms with Gasteiger partial charge in [0.1, 0.15) is 6.10 Å². The van der Waals surface area contributed by atoms with Gasteiger partial charge in [0.25, 0.3) is 0 Å². The van der Waals surface area contributed by atoms with E-state index in [0.717, 1.165) is 37.2 Å². The molecular weight excluding hydrogens is 226 g/mol. The number of hydrogen-bond acceptors (Lipinski definition) is 3. The molecule has 3 heteroatoms. The molecular formula is C15H19NO2. The third-order valence-electron chi connectivity index (χ3n) is 3.30. The molecule has 3 nitrogen and oxygen atoms in total. The zero-order valence-corrected chi connectivity index (χ0v) is 10.8. The minimum absolute atomic E-state index is 0.00496. The molecule has 0 aromatic heterocycles. The molecule has 0 bridgehead atoms. The number of benzene rings is 1. The molecule has 2 unspecified atom stereocenters. The van der Waals surface area contributed by atoms with Crippen LogP contribution in [0.4, 0.5) is 0 Å². The van der Waals surface area contributed by atoms with Gasteiger partial charge < -0.3 is 9.47 Å². The molecule has 1 aromatic carbocycles.